The molecular weight excluding hydrogens is 328 g/mol. The molecule has 0 saturated heterocycles. The van der Waals surface area contributed by atoms with Crippen LogP contribution in [0.2, 0.25) is 0 Å². The summed E-state index contributed by atoms with van der Waals surface area (Å²) in [5.41, 5.74) is 2.02. The maximum atomic E-state index is 12.4. The zero-order valence-corrected chi connectivity index (χ0v) is 14.1. The third-order valence-corrected chi connectivity index (χ3v) is 3.65. The number of ether oxygens (including phenoxy) is 1. The predicted molar refractivity (Wildman–Crippen MR) is 98.8 cm³/mol. The highest BCUT2D eigenvalue weighted by atomic mass is 16.5. The number of rotatable bonds is 5. The smallest absolute Gasteiger partial charge is 0.266 e. The van der Waals surface area contributed by atoms with E-state index < -0.39 is 5.91 Å². The number of carbonyl (C=O) groups excluding carboxylic acids is 1. The van der Waals surface area contributed by atoms with Gasteiger partial charge >= 0.3 is 0 Å². The Morgan fingerprint density at radius 2 is 1.92 bits per heavy atom. The van der Waals surface area contributed by atoms with E-state index in [4.69, 9.17) is 4.74 Å². The van der Waals surface area contributed by atoms with Crippen LogP contribution in [0.4, 0.5) is 5.69 Å². The number of hydrogen-bond donors (Lipinski definition) is 1. The molecule has 26 heavy (non-hydrogen) atoms. The van der Waals surface area contributed by atoms with Crippen LogP contribution in [0.5, 0.6) is 5.75 Å². The zero-order valence-electron chi connectivity index (χ0n) is 14.1. The van der Waals surface area contributed by atoms with E-state index >= 15 is 0 Å². The van der Waals surface area contributed by atoms with E-state index in [2.05, 4.69) is 10.4 Å². The van der Waals surface area contributed by atoms with Crippen molar-refractivity contribution < 1.29 is 9.53 Å². The molecule has 1 amide bonds. The van der Waals surface area contributed by atoms with Gasteiger partial charge in [0.1, 0.15) is 17.4 Å². The summed E-state index contributed by atoms with van der Waals surface area (Å²) in [6.45, 7) is 0. The fraction of sp³-hybridized carbons (Fsp3) is 0.0500. The number of nitrogens with one attached hydrogen (secondary N) is 1. The van der Waals surface area contributed by atoms with Crippen molar-refractivity contribution in [1.29, 1.82) is 5.26 Å². The van der Waals surface area contributed by atoms with E-state index in [0.717, 1.165) is 5.69 Å². The summed E-state index contributed by atoms with van der Waals surface area (Å²) >= 11 is 0. The Morgan fingerprint density at radius 1 is 1.19 bits per heavy atom. The normalized spacial score (nSPS) is 10.8. The molecule has 0 aliphatic rings. The Balaban J connectivity index is 1.81. The molecule has 0 bridgehead atoms. The van der Waals surface area contributed by atoms with Crippen LogP contribution in [-0.4, -0.2) is 22.8 Å². The second kappa shape index (κ2) is 7.81. The molecule has 1 N–H and O–H groups in total. The molecule has 0 spiro atoms. The molecular formula is C20H16N4O2. The molecule has 1 aromatic heterocycles. The van der Waals surface area contributed by atoms with Crippen LogP contribution < -0.4 is 10.1 Å². The van der Waals surface area contributed by atoms with Crippen molar-refractivity contribution in [2.45, 2.75) is 0 Å². The second-order valence-electron chi connectivity index (χ2n) is 5.38. The molecule has 0 aliphatic heterocycles. The van der Waals surface area contributed by atoms with Crippen molar-refractivity contribution in [3.05, 3.63) is 78.1 Å². The number of nitrogens with zero attached hydrogens (tertiary/aromatic N) is 3. The van der Waals surface area contributed by atoms with E-state index in [1.54, 1.807) is 41.3 Å². The summed E-state index contributed by atoms with van der Waals surface area (Å²) < 4.78 is 6.88. The number of methoxy groups -OCH3 is 1. The SMILES string of the molecule is COc1ccccc1NC(=O)/C(C#N)=C/c1cnn(-c2ccccc2)c1. The summed E-state index contributed by atoms with van der Waals surface area (Å²) in [6, 6.07) is 18.5. The number of aromatic nitrogens is 2. The molecule has 0 atom stereocenters. The molecule has 0 radical (unpaired) electrons. The van der Waals surface area contributed by atoms with Crippen molar-refractivity contribution in [3.8, 4) is 17.5 Å². The van der Waals surface area contributed by atoms with Gasteiger partial charge in [0, 0.05) is 11.8 Å². The number of hydrogen-bond acceptors (Lipinski definition) is 4. The van der Waals surface area contributed by atoms with Crippen LogP contribution in [0.1, 0.15) is 5.56 Å². The molecule has 2 aromatic carbocycles. The van der Waals surface area contributed by atoms with Crippen molar-refractivity contribution in [2.24, 2.45) is 0 Å². The summed E-state index contributed by atoms with van der Waals surface area (Å²) in [5, 5.41) is 16.3. The molecule has 0 saturated carbocycles. The Labute approximate surface area is 151 Å². The third-order valence-electron chi connectivity index (χ3n) is 3.65. The molecule has 128 valence electrons. The monoisotopic (exact) mass is 344 g/mol. The van der Waals surface area contributed by atoms with Crippen LogP contribution in [-0.2, 0) is 4.79 Å². The van der Waals surface area contributed by atoms with E-state index in [1.807, 2.05) is 36.4 Å². The maximum Gasteiger partial charge on any atom is 0.266 e. The minimum Gasteiger partial charge on any atom is -0.495 e. The summed E-state index contributed by atoms with van der Waals surface area (Å²) in [4.78, 5) is 12.4. The van der Waals surface area contributed by atoms with Gasteiger partial charge in [-0.05, 0) is 30.3 Å². The van der Waals surface area contributed by atoms with Crippen LogP contribution in [0, 0.1) is 11.3 Å². The Hall–Kier alpha value is -3.85. The third kappa shape index (κ3) is 3.79. The fourth-order valence-corrected chi connectivity index (χ4v) is 2.39. The highest BCUT2D eigenvalue weighted by molar-refractivity contribution is 6.10. The first kappa shape index (κ1) is 17.0. The Morgan fingerprint density at radius 3 is 2.65 bits per heavy atom. The number of para-hydroxylation sites is 3. The molecule has 3 rings (SSSR count). The first-order valence-electron chi connectivity index (χ1n) is 7.87. The lowest BCUT2D eigenvalue weighted by atomic mass is 10.2. The van der Waals surface area contributed by atoms with Gasteiger partial charge in [0.2, 0.25) is 0 Å². The first-order valence-corrected chi connectivity index (χ1v) is 7.87. The van der Waals surface area contributed by atoms with Crippen LogP contribution in [0.3, 0.4) is 0 Å². The van der Waals surface area contributed by atoms with Crippen molar-refractivity contribution in [1.82, 2.24) is 9.78 Å². The average Bonchev–Trinajstić information content (AvgIpc) is 3.16. The molecule has 6 nitrogen and oxygen atoms in total. The van der Waals surface area contributed by atoms with Crippen LogP contribution >= 0.6 is 0 Å². The Kier molecular flexibility index (Phi) is 5.11. The van der Waals surface area contributed by atoms with E-state index in [0.29, 0.717) is 17.0 Å². The number of nitriles is 1. The summed E-state index contributed by atoms with van der Waals surface area (Å²) in [5.74, 6) is 0.0134. The number of amides is 1. The van der Waals surface area contributed by atoms with Gasteiger partial charge in [0.25, 0.3) is 5.91 Å². The lowest BCUT2D eigenvalue weighted by Crippen LogP contribution is -2.14. The van der Waals surface area contributed by atoms with Gasteiger partial charge in [-0.2, -0.15) is 10.4 Å². The van der Waals surface area contributed by atoms with Crippen molar-refractivity contribution >= 4 is 17.7 Å². The molecule has 0 unspecified atom stereocenters. The molecule has 3 aromatic rings. The summed E-state index contributed by atoms with van der Waals surface area (Å²) in [7, 11) is 1.52. The standard InChI is InChI=1S/C20H16N4O2/c1-26-19-10-6-5-9-18(19)23-20(25)16(12-21)11-15-13-22-24(14-15)17-7-3-2-4-8-17/h2-11,13-14H,1H3,(H,23,25)/b16-11+. The maximum absolute atomic E-state index is 12.4. The van der Waals surface area contributed by atoms with Crippen molar-refractivity contribution in [2.75, 3.05) is 12.4 Å². The van der Waals surface area contributed by atoms with Crippen LogP contribution in [0.15, 0.2) is 72.6 Å². The Bertz CT molecular complexity index is 984. The van der Waals surface area contributed by atoms with E-state index in [1.165, 1.54) is 13.2 Å². The minimum atomic E-state index is -0.510. The lowest BCUT2D eigenvalue weighted by Gasteiger charge is -2.08. The number of carbonyl (C=O) groups is 1. The van der Waals surface area contributed by atoms with Gasteiger partial charge in [-0.15, -0.1) is 0 Å². The lowest BCUT2D eigenvalue weighted by molar-refractivity contribution is -0.112. The van der Waals surface area contributed by atoms with Gasteiger partial charge in [0.15, 0.2) is 0 Å². The summed E-state index contributed by atoms with van der Waals surface area (Å²) in [6.07, 6.45) is 4.85. The van der Waals surface area contributed by atoms with Gasteiger partial charge in [-0.1, -0.05) is 30.3 Å². The van der Waals surface area contributed by atoms with Gasteiger partial charge in [0.05, 0.1) is 24.7 Å². The second-order valence-corrected chi connectivity index (χ2v) is 5.38. The van der Waals surface area contributed by atoms with Crippen molar-refractivity contribution in [3.63, 3.8) is 0 Å². The molecule has 1 heterocycles. The van der Waals surface area contributed by atoms with Gasteiger partial charge in [-0.3, -0.25) is 4.79 Å². The first-order chi connectivity index (χ1) is 12.7. The average molecular weight is 344 g/mol. The number of anilines is 1. The largest absolute Gasteiger partial charge is 0.495 e. The number of benzene rings is 2. The highest BCUT2D eigenvalue weighted by Gasteiger charge is 2.12. The topological polar surface area (TPSA) is 79.9 Å². The quantitative estimate of drug-likeness (QED) is 0.568. The highest BCUT2D eigenvalue weighted by Crippen LogP contribution is 2.23. The van der Waals surface area contributed by atoms with Gasteiger partial charge < -0.3 is 10.1 Å². The van der Waals surface area contributed by atoms with Crippen LogP contribution in [0.25, 0.3) is 11.8 Å². The van der Waals surface area contributed by atoms with E-state index in [-0.39, 0.29) is 5.57 Å². The molecule has 0 aliphatic carbocycles. The van der Waals surface area contributed by atoms with Gasteiger partial charge in [-0.25, -0.2) is 4.68 Å². The molecule has 6 heteroatoms. The zero-order chi connectivity index (χ0) is 18.4. The van der Waals surface area contributed by atoms with E-state index in [9.17, 15) is 10.1 Å². The predicted octanol–water partition coefficient (Wildman–Crippen LogP) is 3.43. The molecule has 0 fully saturated rings. The minimum absolute atomic E-state index is 0.0245. The fourth-order valence-electron chi connectivity index (χ4n) is 2.39.